The van der Waals surface area contributed by atoms with Crippen molar-refractivity contribution in [3.05, 3.63) is 29.8 Å². The van der Waals surface area contributed by atoms with Gasteiger partial charge in [-0.1, -0.05) is 37.5 Å². The number of urea groups is 2. The maximum atomic E-state index is 12.9. The fraction of sp³-hybridized carbons (Fsp3) is 0.524. The number of carbonyl (C=O) groups is 4. The number of benzene rings is 1. The Balaban J connectivity index is 1.58. The highest BCUT2D eigenvalue weighted by Crippen LogP contribution is 2.27. The topological polar surface area (TPSA) is 117 Å². The number of nitrogens with one attached hydrogen (secondary N) is 3. The first kappa shape index (κ1) is 21.6. The summed E-state index contributed by atoms with van der Waals surface area (Å²) in [6, 6.07) is 6.00. The molecule has 1 saturated carbocycles. The first-order valence-corrected chi connectivity index (χ1v) is 10.2. The van der Waals surface area contributed by atoms with Gasteiger partial charge in [-0.15, -0.1) is 0 Å². The van der Waals surface area contributed by atoms with Crippen molar-refractivity contribution in [3.63, 3.8) is 0 Å². The molecule has 0 unspecified atom stereocenters. The van der Waals surface area contributed by atoms with Gasteiger partial charge in [-0.2, -0.15) is 0 Å². The lowest BCUT2D eigenvalue weighted by Crippen LogP contribution is -2.49. The van der Waals surface area contributed by atoms with Crippen LogP contribution >= 0.6 is 0 Å². The smallest absolute Gasteiger partial charge is 0.325 e. The minimum Gasteiger partial charge on any atom is -0.496 e. The minimum atomic E-state index is -1.21. The van der Waals surface area contributed by atoms with Crippen LogP contribution in [0.25, 0.3) is 0 Å². The Morgan fingerprint density at radius 2 is 1.90 bits per heavy atom. The maximum absolute atomic E-state index is 12.9. The van der Waals surface area contributed by atoms with Gasteiger partial charge in [-0.05, 0) is 31.4 Å². The summed E-state index contributed by atoms with van der Waals surface area (Å²) in [6.07, 6.45) is 5.23. The Hall–Kier alpha value is -3.10. The minimum absolute atomic E-state index is 0.0485. The van der Waals surface area contributed by atoms with Crippen LogP contribution in [0.4, 0.5) is 9.59 Å². The number of amides is 6. The third-order valence-corrected chi connectivity index (χ3v) is 5.58. The Morgan fingerprint density at radius 3 is 2.60 bits per heavy atom. The summed E-state index contributed by atoms with van der Waals surface area (Å²) in [6.45, 7) is 1.08. The van der Waals surface area contributed by atoms with E-state index in [1.54, 1.807) is 13.0 Å². The Labute approximate surface area is 175 Å². The Morgan fingerprint density at radius 1 is 1.20 bits per heavy atom. The molecule has 162 valence electrons. The Bertz CT molecular complexity index is 836. The number of imide groups is 2. The van der Waals surface area contributed by atoms with Gasteiger partial charge in [0.15, 0.2) is 0 Å². The fourth-order valence-corrected chi connectivity index (χ4v) is 4.02. The maximum Gasteiger partial charge on any atom is 0.325 e. The third-order valence-electron chi connectivity index (χ3n) is 5.58. The molecule has 1 aliphatic carbocycles. The van der Waals surface area contributed by atoms with E-state index in [4.69, 9.17) is 4.74 Å². The molecule has 30 heavy (non-hydrogen) atoms. The first-order valence-electron chi connectivity index (χ1n) is 10.2. The first-order chi connectivity index (χ1) is 14.3. The van der Waals surface area contributed by atoms with Gasteiger partial charge >= 0.3 is 12.1 Å². The lowest BCUT2D eigenvalue weighted by molar-refractivity contribution is -0.134. The molecule has 6 amide bonds. The summed E-state index contributed by atoms with van der Waals surface area (Å²) >= 11 is 0. The van der Waals surface area contributed by atoms with E-state index in [0.717, 1.165) is 42.6 Å². The summed E-state index contributed by atoms with van der Waals surface area (Å²) in [5, 5.41) is 7.63. The molecule has 1 atom stereocenters. The van der Waals surface area contributed by atoms with Gasteiger partial charge in [0.25, 0.3) is 5.91 Å². The summed E-state index contributed by atoms with van der Waals surface area (Å²) in [4.78, 5) is 50.4. The second kappa shape index (κ2) is 9.15. The summed E-state index contributed by atoms with van der Waals surface area (Å²) < 4.78 is 5.31. The van der Waals surface area contributed by atoms with Crippen molar-refractivity contribution in [2.45, 2.75) is 57.0 Å². The van der Waals surface area contributed by atoms with Gasteiger partial charge in [0.05, 0.1) is 7.11 Å². The average Bonchev–Trinajstić information content (AvgIpc) is 2.92. The molecule has 0 bridgehead atoms. The lowest BCUT2D eigenvalue weighted by Gasteiger charge is -2.23. The quantitative estimate of drug-likeness (QED) is 0.611. The molecule has 1 saturated heterocycles. The van der Waals surface area contributed by atoms with E-state index >= 15 is 0 Å². The largest absolute Gasteiger partial charge is 0.496 e. The molecule has 9 heteroatoms. The second-order valence-corrected chi connectivity index (χ2v) is 8.00. The SMILES string of the molecule is COc1ccccc1C[C@@]1(C)NC(=O)N(CC(=O)NC(=O)NC2CCCCC2)C1=O. The zero-order valence-electron chi connectivity index (χ0n) is 17.3. The van der Waals surface area contributed by atoms with Crippen LogP contribution in [-0.2, 0) is 16.0 Å². The molecular formula is C21H28N4O5. The monoisotopic (exact) mass is 416 g/mol. The normalized spacial score (nSPS) is 21.9. The van der Waals surface area contributed by atoms with Crippen molar-refractivity contribution >= 4 is 23.9 Å². The predicted molar refractivity (Wildman–Crippen MR) is 109 cm³/mol. The van der Waals surface area contributed by atoms with E-state index in [9.17, 15) is 19.2 Å². The molecule has 9 nitrogen and oxygen atoms in total. The molecule has 1 aromatic rings. The van der Waals surface area contributed by atoms with Gasteiger partial charge in [-0.3, -0.25) is 19.8 Å². The Kier molecular flexibility index (Phi) is 6.59. The van der Waals surface area contributed by atoms with Crippen molar-refractivity contribution in [1.29, 1.82) is 0 Å². The van der Waals surface area contributed by atoms with Crippen molar-refractivity contribution in [2.24, 2.45) is 0 Å². The highest BCUT2D eigenvalue weighted by atomic mass is 16.5. The van der Waals surface area contributed by atoms with Gasteiger partial charge in [0, 0.05) is 12.5 Å². The van der Waals surface area contributed by atoms with Crippen molar-refractivity contribution in [3.8, 4) is 5.75 Å². The van der Waals surface area contributed by atoms with Crippen LogP contribution in [0.15, 0.2) is 24.3 Å². The van der Waals surface area contributed by atoms with Crippen LogP contribution in [0.1, 0.15) is 44.6 Å². The molecule has 1 aliphatic heterocycles. The van der Waals surface area contributed by atoms with Crippen molar-refractivity contribution in [2.75, 3.05) is 13.7 Å². The summed E-state index contributed by atoms with van der Waals surface area (Å²) in [7, 11) is 1.53. The third kappa shape index (κ3) is 4.90. The highest BCUT2D eigenvalue weighted by Gasteiger charge is 2.48. The van der Waals surface area contributed by atoms with Crippen LogP contribution < -0.4 is 20.7 Å². The van der Waals surface area contributed by atoms with Gasteiger partial charge in [-0.25, -0.2) is 9.59 Å². The van der Waals surface area contributed by atoms with E-state index < -0.39 is 36.0 Å². The highest BCUT2D eigenvalue weighted by molar-refractivity contribution is 6.10. The summed E-state index contributed by atoms with van der Waals surface area (Å²) in [5.41, 5.74) is -0.453. The van der Waals surface area contributed by atoms with E-state index in [-0.39, 0.29) is 12.5 Å². The van der Waals surface area contributed by atoms with Crippen LogP contribution in [0.2, 0.25) is 0 Å². The number of rotatable bonds is 6. The van der Waals surface area contributed by atoms with Crippen molar-refractivity contribution < 1.29 is 23.9 Å². The average molecular weight is 416 g/mol. The van der Waals surface area contributed by atoms with Crippen molar-refractivity contribution in [1.82, 2.24) is 20.9 Å². The van der Waals surface area contributed by atoms with E-state index in [1.807, 2.05) is 18.2 Å². The molecule has 3 N–H and O–H groups in total. The number of nitrogens with zero attached hydrogens (tertiary/aromatic N) is 1. The molecule has 1 heterocycles. The number of para-hydroxylation sites is 1. The van der Waals surface area contributed by atoms with Gasteiger partial charge in [0.1, 0.15) is 17.8 Å². The molecule has 0 aromatic heterocycles. The number of hydrogen-bond acceptors (Lipinski definition) is 5. The van der Waals surface area contributed by atoms with Crippen LogP contribution in [-0.4, -0.2) is 54.0 Å². The van der Waals surface area contributed by atoms with E-state index in [0.29, 0.717) is 5.75 Å². The second-order valence-electron chi connectivity index (χ2n) is 8.00. The van der Waals surface area contributed by atoms with Gasteiger partial charge in [0.2, 0.25) is 5.91 Å². The van der Waals surface area contributed by atoms with Gasteiger partial charge < -0.3 is 15.4 Å². The molecule has 3 rings (SSSR count). The van der Waals surface area contributed by atoms with Crippen LogP contribution in [0.3, 0.4) is 0 Å². The van der Waals surface area contributed by atoms with Crippen LogP contribution in [0, 0.1) is 0 Å². The molecule has 2 aliphatic rings. The number of carbonyl (C=O) groups excluding carboxylic acids is 4. The number of methoxy groups -OCH3 is 1. The zero-order valence-corrected chi connectivity index (χ0v) is 17.3. The lowest BCUT2D eigenvalue weighted by atomic mass is 9.92. The fourth-order valence-electron chi connectivity index (χ4n) is 4.02. The molecule has 1 aromatic carbocycles. The zero-order chi connectivity index (χ0) is 21.7. The standard InChI is InChI=1S/C21H28N4O5/c1-21(12-14-8-6-7-11-16(14)30-2)18(27)25(20(29)24-21)13-17(26)23-19(28)22-15-9-4-3-5-10-15/h6-8,11,15H,3-5,9-10,12-13H2,1-2H3,(H,24,29)(H2,22,23,26,28)/t21-/m1/s1. The van der Waals surface area contributed by atoms with Crippen LogP contribution in [0.5, 0.6) is 5.75 Å². The molecule has 0 spiro atoms. The van der Waals surface area contributed by atoms with E-state index in [2.05, 4.69) is 16.0 Å². The van der Waals surface area contributed by atoms with E-state index in [1.165, 1.54) is 7.11 Å². The summed E-state index contributed by atoms with van der Waals surface area (Å²) in [5.74, 6) is -0.633. The number of ether oxygens (including phenoxy) is 1. The molecule has 2 fully saturated rings. The predicted octanol–water partition coefficient (Wildman–Crippen LogP) is 1.71. The molecule has 0 radical (unpaired) electrons. The molecular weight excluding hydrogens is 388 g/mol. The number of hydrogen-bond donors (Lipinski definition) is 3.